The van der Waals surface area contributed by atoms with Crippen molar-refractivity contribution < 1.29 is 4.39 Å². The van der Waals surface area contributed by atoms with Gasteiger partial charge in [0, 0.05) is 16.5 Å². The summed E-state index contributed by atoms with van der Waals surface area (Å²) >= 11 is 4.55. The summed E-state index contributed by atoms with van der Waals surface area (Å²) < 4.78 is 13.4. The van der Waals surface area contributed by atoms with Crippen LogP contribution in [0.5, 0.6) is 0 Å². The van der Waals surface area contributed by atoms with Crippen LogP contribution >= 0.6 is 12.6 Å². The maximum atomic E-state index is 13.4. The van der Waals surface area contributed by atoms with Gasteiger partial charge >= 0.3 is 0 Å². The lowest BCUT2D eigenvalue weighted by atomic mass is 9.61. The number of aromatic nitrogens is 1. The molecule has 4 rings (SSSR count). The van der Waals surface area contributed by atoms with Gasteiger partial charge in [0.15, 0.2) is 0 Å². The topological polar surface area (TPSA) is 77.3 Å². The number of nitrogens with two attached hydrogens (primary N) is 2. The van der Waals surface area contributed by atoms with Gasteiger partial charge in [-0.2, -0.15) is 0 Å². The summed E-state index contributed by atoms with van der Waals surface area (Å²) in [5.74, 6) is -0.302. The second-order valence-electron chi connectivity index (χ2n) is 8.67. The molecule has 1 aliphatic rings. The Morgan fingerprint density at radius 3 is 2.60 bits per heavy atom. The number of hydrogen-bond donors (Lipinski definition) is 3. The fourth-order valence-electron chi connectivity index (χ4n) is 4.68. The van der Waals surface area contributed by atoms with Crippen molar-refractivity contribution in [2.45, 2.75) is 24.2 Å². The number of benzene rings is 2. The van der Waals surface area contributed by atoms with Crippen LogP contribution in [0.4, 0.5) is 10.1 Å². The third-order valence-corrected chi connectivity index (χ3v) is 6.68. The monoisotopic (exact) mass is 484 g/mol. The molecule has 4 nitrogen and oxygen atoms in total. The van der Waals surface area contributed by atoms with Gasteiger partial charge in [-0.05, 0) is 103 Å². The van der Waals surface area contributed by atoms with E-state index in [1.54, 1.807) is 24.5 Å². The van der Waals surface area contributed by atoms with Crippen molar-refractivity contribution in [3.8, 4) is 0 Å². The first-order valence-electron chi connectivity index (χ1n) is 11.5. The molecular weight excluding hydrogens is 455 g/mol. The lowest BCUT2D eigenvalue weighted by Gasteiger charge is -2.42. The van der Waals surface area contributed by atoms with E-state index in [2.05, 4.69) is 42.4 Å². The van der Waals surface area contributed by atoms with Gasteiger partial charge < -0.3 is 11.5 Å². The fourth-order valence-corrected chi connectivity index (χ4v) is 4.93. The molecule has 0 aliphatic heterocycles. The highest BCUT2D eigenvalue weighted by Crippen LogP contribution is 2.51. The van der Waals surface area contributed by atoms with E-state index < -0.39 is 5.41 Å². The molecule has 0 saturated carbocycles. The molecular formula is C29H29FN4S. The lowest BCUT2D eigenvalue weighted by Crippen LogP contribution is -2.35. The van der Waals surface area contributed by atoms with Crippen molar-refractivity contribution in [1.29, 1.82) is 0 Å². The Bertz CT molecular complexity index is 1300. The molecule has 35 heavy (non-hydrogen) atoms. The number of rotatable bonds is 7. The van der Waals surface area contributed by atoms with E-state index >= 15 is 0 Å². The van der Waals surface area contributed by atoms with Crippen LogP contribution in [-0.2, 0) is 6.42 Å². The Hall–Kier alpha value is -3.48. The van der Waals surface area contributed by atoms with Gasteiger partial charge in [-0.1, -0.05) is 30.4 Å². The Balaban J connectivity index is 1.89. The first-order chi connectivity index (χ1) is 16.9. The van der Waals surface area contributed by atoms with Crippen LogP contribution in [-0.4, -0.2) is 17.2 Å². The van der Waals surface area contributed by atoms with E-state index in [0.29, 0.717) is 31.5 Å². The largest absolute Gasteiger partial charge is 0.404 e. The normalized spacial score (nSPS) is 20.1. The van der Waals surface area contributed by atoms with Crippen molar-refractivity contribution in [3.05, 3.63) is 120 Å². The van der Waals surface area contributed by atoms with Crippen molar-refractivity contribution in [2.24, 2.45) is 21.9 Å². The number of aliphatic imine (C=N–C) groups is 1. The molecule has 0 bridgehead atoms. The predicted molar refractivity (Wildman–Crippen MR) is 145 cm³/mol. The molecule has 4 N–H and O–H groups in total. The van der Waals surface area contributed by atoms with E-state index in [1.165, 1.54) is 12.1 Å². The third-order valence-electron chi connectivity index (χ3n) is 6.41. The standard InChI is InChI=1S/C29H29FN4S/c1-20(27-7-2-3-14-33-27)29(17-21-5-4-6-26(35)15-21)18-22(19-32)28(16-23(29)12-13-31)34-25-10-8-24(30)9-11-25/h2-11,14-16,19,35H,1,12-13,17-18,31-32H2. The van der Waals surface area contributed by atoms with Crippen LogP contribution in [0.15, 0.2) is 113 Å². The molecule has 3 aromatic rings. The first kappa shape index (κ1) is 24.6. The lowest BCUT2D eigenvalue weighted by molar-refractivity contribution is 0.453. The van der Waals surface area contributed by atoms with Crippen LogP contribution in [0.2, 0.25) is 0 Å². The number of pyridine rings is 1. The van der Waals surface area contributed by atoms with Crippen molar-refractivity contribution in [2.75, 3.05) is 6.54 Å². The molecule has 1 aliphatic carbocycles. The van der Waals surface area contributed by atoms with Gasteiger partial charge in [0.05, 0.1) is 17.1 Å². The fraction of sp³-hybridized carbons (Fsp3) is 0.172. The molecule has 178 valence electrons. The highest BCUT2D eigenvalue weighted by molar-refractivity contribution is 7.80. The summed E-state index contributed by atoms with van der Waals surface area (Å²) in [6.07, 6.45) is 7.38. The average Bonchev–Trinajstić information content (AvgIpc) is 2.87. The number of nitrogens with zero attached hydrogens (tertiary/aromatic N) is 2. The molecule has 1 atom stereocenters. The van der Waals surface area contributed by atoms with Crippen LogP contribution in [0, 0.1) is 11.2 Å². The molecule has 2 aromatic carbocycles. The second-order valence-corrected chi connectivity index (χ2v) is 9.19. The molecule has 0 radical (unpaired) electrons. The maximum Gasteiger partial charge on any atom is 0.123 e. The molecule has 0 spiro atoms. The Morgan fingerprint density at radius 2 is 1.94 bits per heavy atom. The first-order valence-corrected chi connectivity index (χ1v) is 11.9. The van der Waals surface area contributed by atoms with Crippen LogP contribution in [0.3, 0.4) is 0 Å². The predicted octanol–water partition coefficient (Wildman–Crippen LogP) is 6.05. The van der Waals surface area contributed by atoms with E-state index in [-0.39, 0.29) is 5.82 Å². The zero-order valence-corrected chi connectivity index (χ0v) is 20.4. The summed E-state index contributed by atoms with van der Waals surface area (Å²) in [5.41, 5.74) is 18.0. The summed E-state index contributed by atoms with van der Waals surface area (Å²) in [6, 6.07) is 20.1. The van der Waals surface area contributed by atoms with Crippen LogP contribution < -0.4 is 11.5 Å². The van der Waals surface area contributed by atoms with Gasteiger partial charge in [-0.3, -0.25) is 4.98 Å². The number of thiol groups is 1. The summed E-state index contributed by atoms with van der Waals surface area (Å²) in [7, 11) is 0. The number of hydrogen-bond acceptors (Lipinski definition) is 5. The summed E-state index contributed by atoms with van der Waals surface area (Å²) in [5, 5.41) is 0. The van der Waals surface area contributed by atoms with Gasteiger partial charge in [0.2, 0.25) is 0 Å². The second kappa shape index (κ2) is 10.8. The quantitative estimate of drug-likeness (QED) is 0.358. The molecule has 6 heteroatoms. The van der Waals surface area contributed by atoms with Gasteiger partial charge in [0.25, 0.3) is 0 Å². The van der Waals surface area contributed by atoms with E-state index in [9.17, 15) is 4.39 Å². The highest BCUT2D eigenvalue weighted by Gasteiger charge is 2.42. The van der Waals surface area contributed by atoms with E-state index in [4.69, 9.17) is 16.5 Å². The molecule has 0 fully saturated rings. The summed E-state index contributed by atoms with van der Waals surface area (Å²) in [6.45, 7) is 5.02. The van der Waals surface area contributed by atoms with E-state index in [1.807, 2.05) is 30.3 Å². The minimum atomic E-state index is -0.498. The average molecular weight is 485 g/mol. The van der Waals surface area contributed by atoms with Crippen LogP contribution in [0.25, 0.3) is 5.57 Å². The maximum absolute atomic E-state index is 13.4. The smallest absolute Gasteiger partial charge is 0.123 e. The number of halogens is 1. The van der Waals surface area contributed by atoms with Gasteiger partial charge in [-0.25, -0.2) is 9.38 Å². The van der Waals surface area contributed by atoms with Crippen molar-refractivity contribution in [3.63, 3.8) is 0 Å². The van der Waals surface area contributed by atoms with Gasteiger partial charge in [0.1, 0.15) is 5.82 Å². The Kier molecular flexibility index (Phi) is 7.63. The van der Waals surface area contributed by atoms with Crippen molar-refractivity contribution >= 4 is 29.6 Å². The molecule has 1 heterocycles. The minimum Gasteiger partial charge on any atom is -0.404 e. The summed E-state index contributed by atoms with van der Waals surface area (Å²) in [4.78, 5) is 10.3. The minimum absolute atomic E-state index is 0.302. The Labute approximate surface area is 211 Å². The van der Waals surface area contributed by atoms with Crippen molar-refractivity contribution in [1.82, 2.24) is 4.98 Å². The SMILES string of the molecule is C=C(c1ccccn1)C1(Cc2cccc(S)c2)CC(=CN)C(=Nc2ccc(F)cc2)C=C1CCN. The number of allylic oxidation sites excluding steroid dienone is 3. The molecule has 0 amide bonds. The molecule has 0 saturated heterocycles. The zero-order valence-electron chi connectivity index (χ0n) is 19.5. The molecule has 1 aromatic heterocycles. The Morgan fingerprint density at radius 1 is 1.14 bits per heavy atom. The van der Waals surface area contributed by atoms with E-state index in [0.717, 1.165) is 38.6 Å². The third kappa shape index (κ3) is 5.45. The molecule has 1 unspecified atom stereocenters. The van der Waals surface area contributed by atoms with Gasteiger partial charge in [-0.15, -0.1) is 12.6 Å². The zero-order chi connectivity index (χ0) is 24.8. The highest BCUT2D eigenvalue weighted by atomic mass is 32.1. The van der Waals surface area contributed by atoms with Crippen LogP contribution in [0.1, 0.15) is 24.1 Å².